The summed E-state index contributed by atoms with van der Waals surface area (Å²) < 4.78 is 10.5. The molecule has 0 spiro atoms. The van der Waals surface area contributed by atoms with Crippen molar-refractivity contribution in [1.82, 2.24) is 0 Å². The molecule has 1 unspecified atom stereocenters. The highest BCUT2D eigenvalue weighted by Crippen LogP contribution is 2.31. The van der Waals surface area contributed by atoms with Crippen molar-refractivity contribution in [2.45, 2.75) is 11.8 Å². The SMILES string of the molecule is COc1ccc(CC(Cl)c2ccc(Cl)cc2)cc1OC. The van der Waals surface area contributed by atoms with Crippen molar-refractivity contribution in [2.24, 2.45) is 0 Å². The Balaban J connectivity index is 2.15. The summed E-state index contributed by atoms with van der Waals surface area (Å²) in [6.45, 7) is 0. The molecule has 2 aromatic rings. The first-order chi connectivity index (χ1) is 9.63. The molecule has 0 heterocycles. The van der Waals surface area contributed by atoms with Gasteiger partial charge in [-0.1, -0.05) is 29.8 Å². The Bertz CT molecular complexity index is 567. The number of hydrogen-bond donors (Lipinski definition) is 0. The number of ether oxygens (including phenoxy) is 2. The number of rotatable bonds is 5. The third-order valence-corrected chi connectivity index (χ3v) is 3.75. The van der Waals surface area contributed by atoms with Crippen molar-refractivity contribution in [3.63, 3.8) is 0 Å². The maximum absolute atomic E-state index is 6.45. The first-order valence-electron chi connectivity index (χ1n) is 6.24. The van der Waals surface area contributed by atoms with E-state index < -0.39 is 0 Å². The quantitative estimate of drug-likeness (QED) is 0.733. The smallest absolute Gasteiger partial charge is 0.160 e. The van der Waals surface area contributed by atoms with E-state index in [0.717, 1.165) is 11.1 Å². The van der Waals surface area contributed by atoms with Gasteiger partial charge in [0.15, 0.2) is 11.5 Å². The van der Waals surface area contributed by atoms with E-state index in [4.69, 9.17) is 32.7 Å². The molecule has 0 bridgehead atoms. The summed E-state index contributed by atoms with van der Waals surface area (Å²) in [6.07, 6.45) is 0.712. The minimum Gasteiger partial charge on any atom is -0.493 e. The summed E-state index contributed by atoms with van der Waals surface area (Å²) in [4.78, 5) is 0. The van der Waals surface area contributed by atoms with Crippen molar-refractivity contribution < 1.29 is 9.47 Å². The van der Waals surface area contributed by atoms with Crippen LogP contribution in [-0.2, 0) is 6.42 Å². The molecule has 2 nitrogen and oxygen atoms in total. The monoisotopic (exact) mass is 310 g/mol. The molecule has 0 radical (unpaired) electrons. The molecule has 0 aromatic heterocycles. The standard InChI is InChI=1S/C16H16Cl2O2/c1-19-15-8-3-11(10-16(15)20-2)9-14(18)12-4-6-13(17)7-5-12/h3-8,10,14H,9H2,1-2H3. The lowest BCUT2D eigenvalue weighted by atomic mass is 10.0. The Labute approximate surface area is 129 Å². The number of benzene rings is 2. The molecule has 20 heavy (non-hydrogen) atoms. The van der Waals surface area contributed by atoms with E-state index in [1.54, 1.807) is 14.2 Å². The highest BCUT2D eigenvalue weighted by Gasteiger charge is 2.11. The fourth-order valence-electron chi connectivity index (χ4n) is 2.00. The summed E-state index contributed by atoms with van der Waals surface area (Å²) in [7, 11) is 3.24. The van der Waals surface area contributed by atoms with Crippen LogP contribution in [0, 0.1) is 0 Å². The Morgan fingerprint density at radius 3 is 2.20 bits per heavy atom. The van der Waals surface area contributed by atoms with Crippen molar-refractivity contribution in [3.05, 3.63) is 58.6 Å². The van der Waals surface area contributed by atoms with Crippen molar-refractivity contribution in [1.29, 1.82) is 0 Å². The Kier molecular flexibility index (Phi) is 5.16. The Morgan fingerprint density at radius 1 is 0.950 bits per heavy atom. The highest BCUT2D eigenvalue weighted by molar-refractivity contribution is 6.30. The molecule has 106 valence electrons. The first kappa shape index (κ1) is 15.0. The number of hydrogen-bond acceptors (Lipinski definition) is 2. The minimum atomic E-state index is -0.106. The van der Waals surface area contributed by atoms with Crippen LogP contribution in [0.25, 0.3) is 0 Å². The van der Waals surface area contributed by atoms with E-state index in [1.165, 1.54) is 0 Å². The number of halogens is 2. The van der Waals surface area contributed by atoms with Crippen LogP contribution >= 0.6 is 23.2 Å². The van der Waals surface area contributed by atoms with Gasteiger partial charge in [-0.2, -0.15) is 0 Å². The van der Waals surface area contributed by atoms with Crippen LogP contribution in [0.15, 0.2) is 42.5 Å². The van der Waals surface area contributed by atoms with Crippen molar-refractivity contribution >= 4 is 23.2 Å². The first-order valence-corrected chi connectivity index (χ1v) is 7.06. The maximum atomic E-state index is 6.45. The number of alkyl halides is 1. The maximum Gasteiger partial charge on any atom is 0.160 e. The molecule has 0 saturated carbocycles. The molecule has 0 amide bonds. The van der Waals surface area contributed by atoms with E-state index in [2.05, 4.69) is 0 Å². The molecule has 0 saturated heterocycles. The number of methoxy groups -OCH3 is 2. The average molecular weight is 311 g/mol. The van der Waals surface area contributed by atoms with Crippen LogP contribution in [-0.4, -0.2) is 14.2 Å². The lowest BCUT2D eigenvalue weighted by Crippen LogP contribution is -1.97. The largest absolute Gasteiger partial charge is 0.493 e. The fourth-order valence-corrected chi connectivity index (χ4v) is 2.45. The molecule has 0 aliphatic heterocycles. The summed E-state index contributed by atoms with van der Waals surface area (Å²) in [5, 5.41) is 0.606. The molecule has 0 aliphatic carbocycles. The topological polar surface area (TPSA) is 18.5 Å². The molecule has 0 N–H and O–H groups in total. The van der Waals surface area contributed by atoms with Gasteiger partial charge in [0, 0.05) is 5.02 Å². The van der Waals surface area contributed by atoms with Crippen LogP contribution in [0.3, 0.4) is 0 Å². The van der Waals surface area contributed by atoms with Crippen molar-refractivity contribution in [2.75, 3.05) is 14.2 Å². The van der Waals surface area contributed by atoms with E-state index in [1.807, 2.05) is 42.5 Å². The van der Waals surface area contributed by atoms with Crippen LogP contribution in [0.1, 0.15) is 16.5 Å². The molecular weight excluding hydrogens is 295 g/mol. The molecule has 1 atom stereocenters. The molecule has 2 rings (SSSR count). The van der Waals surface area contributed by atoms with E-state index >= 15 is 0 Å². The van der Waals surface area contributed by atoms with Gasteiger partial charge >= 0.3 is 0 Å². The summed E-state index contributed by atoms with van der Waals surface area (Å²) >= 11 is 12.3. The van der Waals surface area contributed by atoms with Crippen LogP contribution in [0.5, 0.6) is 11.5 Å². The van der Waals surface area contributed by atoms with Crippen LogP contribution in [0.4, 0.5) is 0 Å². The third kappa shape index (κ3) is 3.59. The minimum absolute atomic E-state index is 0.106. The second kappa shape index (κ2) is 6.87. The van der Waals surface area contributed by atoms with Gasteiger partial charge in [-0.25, -0.2) is 0 Å². The van der Waals surface area contributed by atoms with Crippen LogP contribution < -0.4 is 9.47 Å². The zero-order chi connectivity index (χ0) is 14.5. The fraction of sp³-hybridized carbons (Fsp3) is 0.250. The molecule has 4 heteroatoms. The van der Waals surface area contributed by atoms with E-state index in [0.29, 0.717) is 22.9 Å². The Morgan fingerprint density at radius 2 is 1.60 bits per heavy atom. The molecule has 0 aliphatic rings. The summed E-state index contributed by atoms with van der Waals surface area (Å²) in [6, 6.07) is 13.4. The van der Waals surface area contributed by atoms with Crippen LogP contribution in [0.2, 0.25) is 5.02 Å². The molecule has 2 aromatic carbocycles. The second-order valence-corrected chi connectivity index (χ2v) is 5.38. The lowest BCUT2D eigenvalue weighted by Gasteiger charge is -2.13. The van der Waals surface area contributed by atoms with Crippen molar-refractivity contribution in [3.8, 4) is 11.5 Å². The molecular formula is C16H16Cl2O2. The van der Waals surface area contributed by atoms with Gasteiger partial charge in [0.05, 0.1) is 19.6 Å². The van der Waals surface area contributed by atoms with E-state index in [9.17, 15) is 0 Å². The van der Waals surface area contributed by atoms with E-state index in [-0.39, 0.29) is 5.38 Å². The highest BCUT2D eigenvalue weighted by atomic mass is 35.5. The normalized spacial score (nSPS) is 12.0. The predicted molar refractivity (Wildman–Crippen MR) is 83.3 cm³/mol. The van der Waals surface area contributed by atoms with Gasteiger partial charge in [-0.05, 0) is 41.8 Å². The lowest BCUT2D eigenvalue weighted by molar-refractivity contribution is 0.354. The second-order valence-electron chi connectivity index (χ2n) is 4.41. The third-order valence-electron chi connectivity index (χ3n) is 3.09. The van der Waals surface area contributed by atoms with Gasteiger partial charge in [0.2, 0.25) is 0 Å². The zero-order valence-electron chi connectivity index (χ0n) is 11.4. The molecule has 0 fully saturated rings. The Hall–Kier alpha value is -1.38. The van der Waals surface area contributed by atoms with Gasteiger partial charge in [-0.3, -0.25) is 0 Å². The predicted octanol–water partition coefficient (Wildman–Crippen LogP) is 4.88. The van der Waals surface area contributed by atoms with Gasteiger partial charge in [0.25, 0.3) is 0 Å². The van der Waals surface area contributed by atoms with Gasteiger partial charge < -0.3 is 9.47 Å². The summed E-state index contributed by atoms with van der Waals surface area (Å²) in [5.74, 6) is 1.43. The van der Waals surface area contributed by atoms with Gasteiger partial charge in [0.1, 0.15) is 0 Å². The zero-order valence-corrected chi connectivity index (χ0v) is 12.9. The summed E-state index contributed by atoms with van der Waals surface area (Å²) in [5.41, 5.74) is 2.14. The average Bonchev–Trinajstić information content (AvgIpc) is 2.47. The van der Waals surface area contributed by atoms with Gasteiger partial charge in [-0.15, -0.1) is 11.6 Å².